The van der Waals surface area contributed by atoms with Crippen LogP contribution in [0.2, 0.25) is 0 Å². The molecule has 0 fully saturated rings. The van der Waals surface area contributed by atoms with Gasteiger partial charge in [-0.2, -0.15) is 8.42 Å². The molecule has 0 radical (unpaired) electrons. The monoisotopic (exact) mass is 232 g/mol. The maximum absolute atomic E-state index is 8.29. The highest BCUT2D eigenvalue weighted by molar-refractivity contribution is 7.51. The summed E-state index contributed by atoms with van der Waals surface area (Å²) in [7, 11) is 0. The van der Waals surface area contributed by atoms with E-state index in [0.717, 1.165) is 11.2 Å². The Morgan fingerprint density at radius 1 is 0.750 bits per heavy atom. The Morgan fingerprint density at radius 3 is 1.56 bits per heavy atom. The van der Waals surface area contributed by atoms with Gasteiger partial charge in [0.25, 0.3) is 0 Å². The summed E-state index contributed by atoms with van der Waals surface area (Å²) in [5.74, 6) is 0. The van der Waals surface area contributed by atoms with Crippen molar-refractivity contribution in [2.45, 2.75) is 0 Å². The van der Waals surface area contributed by atoms with Crippen molar-refractivity contribution < 1.29 is 12.8 Å². The lowest BCUT2D eigenvalue weighted by atomic mass is 10.2. The molecule has 3 rings (SSSR count). The SMILES string of the molecule is O=S=O.c1ccc2c(c1)oc1ccccc12. The van der Waals surface area contributed by atoms with E-state index >= 15 is 0 Å². The van der Waals surface area contributed by atoms with E-state index in [1.807, 2.05) is 36.4 Å². The molecule has 1 aromatic heterocycles. The van der Waals surface area contributed by atoms with Gasteiger partial charge in [0.1, 0.15) is 11.2 Å². The summed E-state index contributed by atoms with van der Waals surface area (Å²) in [4.78, 5) is 0. The smallest absolute Gasteiger partial charge is 0.335 e. The predicted octanol–water partition coefficient (Wildman–Crippen LogP) is 2.92. The lowest BCUT2D eigenvalue weighted by molar-refractivity contribution is 0.630. The van der Waals surface area contributed by atoms with Gasteiger partial charge in [0.2, 0.25) is 0 Å². The van der Waals surface area contributed by atoms with Crippen LogP contribution in [-0.4, -0.2) is 8.42 Å². The molecule has 0 aliphatic rings. The number of fused-ring (bicyclic) bond motifs is 3. The highest BCUT2D eigenvalue weighted by Gasteiger charge is 2.03. The molecule has 0 atom stereocenters. The van der Waals surface area contributed by atoms with Gasteiger partial charge >= 0.3 is 11.6 Å². The van der Waals surface area contributed by atoms with E-state index in [2.05, 4.69) is 12.1 Å². The van der Waals surface area contributed by atoms with Crippen LogP contribution in [0.5, 0.6) is 0 Å². The van der Waals surface area contributed by atoms with Gasteiger partial charge in [-0.25, -0.2) is 0 Å². The van der Waals surface area contributed by atoms with Gasteiger partial charge in [-0.15, -0.1) is 0 Å². The van der Waals surface area contributed by atoms with Crippen LogP contribution in [0.25, 0.3) is 21.9 Å². The van der Waals surface area contributed by atoms with Gasteiger partial charge in [0, 0.05) is 10.8 Å². The summed E-state index contributed by atoms with van der Waals surface area (Å²) in [6, 6.07) is 16.2. The molecular formula is C12H8O3S. The van der Waals surface area contributed by atoms with Crippen molar-refractivity contribution in [1.29, 1.82) is 0 Å². The van der Waals surface area contributed by atoms with Crippen LogP contribution in [0.1, 0.15) is 0 Å². The van der Waals surface area contributed by atoms with Crippen molar-refractivity contribution in [3.05, 3.63) is 48.5 Å². The maximum Gasteiger partial charge on any atom is 0.335 e. The molecule has 0 saturated carbocycles. The Hall–Kier alpha value is -1.94. The molecule has 1 heterocycles. The third-order valence-electron chi connectivity index (χ3n) is 2.28. The Balaban J connectivity index is 0.000000292. The molecule has 3 nitrogen and oxygen atoms in total. The molecule has 0 aliphatic carbocycles. The largest absolute Gasteiger partial charge is 0.456 e. The zero-order valence-corrected chi connectivity index (χ0v) is 9.07. The number of hydrogen-bond acceptors (Lipinski definition) is 3. The first-order chi connectivity index (χ1) is 7.86. The first-order valence-electron chi connectivity index (χ1n) is 4.65. The molecule has 0 aliphatic heterocycles. The zero-order chi connectivity index (χ0) is 11.4. The van der Waals surface area contributed by atoms with Crippen molar-refractivity contribution >= 4 is 33.5 Å². The minimum Gasteiger partial charge on any atom is -0.456 e. The molecular weight excluding hydrogens is 224 g/mol. The fraction of sp³-hybridized carbons (Fsp3) is 0. The van der Waals surface area contributed by atoms with Crippen molar-refractivity contribution in [3.8, 4) is 0 Å². The van der Waals surface area contributed by atoms with Gasteiger partial charge in [-0.3, -0.25) is 0 Å². The normalized spacial score (nSPS) is 9.75. The summed E-state index contributed by atoms with van der Waals surface area (Å²) in [6.45, 7) is 0. The molecule has 2 aromatic carbocycles. The van der Waals surface area contributed by atoms with Crippen molar-refractivity contribution in [2.75, 3.05) is 0 Å². The van der Waals surface area contributed by atoms with Crippen LogP contribution in [0.4, 0.5) is 0 Å². The van der Waals surface area contributed by atoms with Crippen molar-refractivity contribution in [1.82, 2.24) is 0 Å². The summed E-state index contributed by atoms with van der Waals surface area (Å²) < 4.78 is 22.2. The average molecular weight is 232 g/mol. The lowest BCUT2D eigenvalue weighted by Gasteiger charge is -1.85. The molecule has 3 aromatic rings. The highest BCUT2D eigenvalue weighted by atomic mass is 32.1. The number of rotatable bonds is 0. The third kappa shape index (κ3) is 1.87. The van der Waals surface area contributed by atoms with Crippen molar-refractivity contribution in [3.63, 3.8) is 0 Å². The molecule has 0 amide bonds. The fourth-order valence-corrected chi connectivity index (χ4v) is 1.67. The number of furan rings is 1. The van der Waals surface area contributed by atoms with E-state index in [1.54, 1.807) is 0 Å². The summed E-state index contributed by atoms with van der Waals surface area (Å²) >= 11 is -0.750. The Kier molecular flexibility index (Phi) is 3.12. The van der Waals surface area contributed by atoms with Crippen LogP contribution in [-0.2, 0) is 11.6 Å². The molecule has 16 heavy (non-hydrogen) atoms. The molecule has 0 saturated heterocycles. The topological polar surface area (TPSA) is 47.3 Å². The summed E-state index contributed by atoms with van der Waals surface area (Å²) in [5, 5.41) is 2.39. The quantitative estimate of drug-likeness (QED) is 0.598. The molecule has 0 bridgehead atoms. The molecule has 0 unspecified atom stereocenters. The molecule has 80 valence electrons. The Labute approximate surface area is 95.3 Å². The first-order valence-corrected chi connectivity index (χ1v) is 5.31. The standard InChI is InChI=1S/C12H8O.O2S/c1-3-7-11-9(5-1)10-6-2-4-8-12(10)13-11;1-3-2/h1-8H;. The maximum atomic E-state index is 8.29. The second-order valence-corrected chi connectivity index (χ2v) is 3.30. The second-order valence-electron chi connectivity index (χ2n) is 3.16. The van der Waals surface area contributed by atoms with Gasteiger partial charge in [-0.1, -0.05) is 36.4 Å². The van der Waals surface area contributed by atoms with Crippen LogP contribution < -0.4 is 0 Å². The van der Waals surface area contributed by atoms with E-state index < -0.39 is 11.6 Å². The molecule has 0 N–H and O–H groups in total. The third-order valence-corrected chi connectivity index (χ3v) is 2.28. The molecule has 4 heteroatoms. The van der Waals surface area contributed by atoms with E-state index in [0.29, 0.717) is 0 Å². The molecule has 0 spiro atoms. The first kappa shape index (κ1) is 10.6. The van der Waals surface area contributed by atoms with E-state index in [9.17, 15) is 0 Å². The number of benzene rings is 2. The fourth-order valence-electron chi connectivity index (χ4n) is 1.67. The van der Waals surface area contributed by atoms with Crippen LogP contribution in [0.3, 0.4) is 0 Å². The average Bonchev–Trinajstić information content (AvgIpc) is 2.68. The van der Waals surface area contributed by atoms with Crippen LogP contribution in [0.15, 0.2) is 52.9 Å². The Morgan fingerprint density at radius 2 is 1.12 bits per heavy atom. The number of hydrogen-bond donors (Lipinski definition) is 0. The van der Waals surface area contributed by atoms with E-state index in [-0.39, 0.29) is 0 Å². The van der Waals surface area contributed by atoms with Crippen LogP contribution in [0, 0.1) is 0 Å². The Bertz CT molecular complexity index is 601. The highest BCUT2D eigenvalue weighted by Crippen LogP contribution is 2.27. The zero-order valence-electron chi connectivity index (χ0n) is 8.25. The summed E-state index contributed by atoms with van der Waals surface area (Å²) in [5.41, 5.74) is 1.92. The second kappa shape index (κ2) is 4.72. The van der Waals surface area contributed by atoms with E-state index in [4.69, 9.17) is 12.8 Å². The van der Waals surface area contributed by atoms with Crippen LogP contribution >= 0.6 is 0 Å². The lowest BCUT2D eigenvalue weighted by Crippen LogP contribution is -1.62. The van der Waals surface area contributed by atoms with Gasteiger partial charge < -0.3 is 4.42 Å². The van der Waals surface area contributed by atoms with Gasteiger partial charge in [0.05, 0.1) is 0 Å². The van der Waals surface area contributed by atoms with Gasteiger partial charge in [-0.05, 0) is 12.1 Å². The van der Waals surface area contributed by atoms with Crippen molar-refractivity contribution in [2.24, 2.45) is 0 Å². The summed E-state index contributed by atoms with van der Waals surface area (Å²) in [6.07, 6.45) is 0. The number of para-hydroxylation sites is 2. The van der Waals surface area contributed by atoms with E-state index in [1.165, 1.54) is 10.8 Å². The minimum absolute atomic E-state index is 0.750. The minimum atomic E-state index is -0.750. The predicted molar refractivity (Wildman–Crippen MR) is 62.6 cm³/mol. The van der Waals surface area contributed by atoms with Gasteiger partial charge in [0.15, 0.2) is 0 Å².